The number of carbonyl (C=O) groups is 1. The number of nitrogens with zero attached hydrogens (tertiary/aromatic N) is 2. The van der Waals surface area contributed by atoms with Gasteiger partial charge in [-0.25, -0.2) is 12.8 Å². The first-order valence-electron chi connectivity index (χ1n) is 10.4. The lowest BCUT2D eigenvalue weighted by Gasteiger charge is -2.57. The maximum Gasteiger partial charge on any atom is 0.243 e. The Bertz CT molecular complexity index is 857. The van der Waals surface area contributed by atoms with E-state index in [4.69, 9.17) is 0 Å². The third-order valence-electron chi connectivity index (χ3n) is 7.45. The molecule has 0 aromatic heterocycles. The van der Waals surface area contributed by atoms with Gasteiger partial charge in [0.1, 0.15) is 5.82 Å². The topological polar surface area (TPSA) is 57.7 Å². The Balaban J connectivity index is 1.28. The van der Waals surface area contributed by atoms with Gasteiger partial charge in [0, 0.05) is 26.2 Å². The minimum atomic E-state index is -3.72. The van der Waals surface area contributed by atoms with Gasteiger partial charge < -0.3 is 4.90 Å². The molecule has 1 aromatic rings. The van der Waals surface area contributed by atoms with E-state index in [1.807, 2.05) is 4.90 Å². The molecule has 0 radical (unpaired) electrons. The predicted octanol–water partition coefficient (Wildman–Crippen LogP) is 2.88. The zero-order valence-corrected chi connectivity index (χ0v) is 16.8. The van der Waals surface area contributed by atoms with Crippen LogP contribution in [0.4, 0.5) is 4.39 Å². The van der Waals surface area contributed by atoms with E-state index in [-0.39, 0.29) is 29.3 Å². The van der Waals surface area contributed by atoms with Crippen LogP contribution >= 0.6 is 0 Å². The Morgan fingerprint density at radius 2 is 1.54 bits per heavy atom. The Kier molecular flexibility index (Phi) is 4.32. The van der Waals surface area contributed by atoms with E-state index in [1.165, 1.54) is 41.8 Å². The van der Waals surface area contributed by atoms with Crippen molar-refractivity contribution in [3.05, 3.63) is 30.1 Å². The summed E-state index contributed by atoms with van der Waals surface area (Å²) in [5, 5.41) is 0. The Hall–Kier alpha value is -1.47. The van der Waals surface area contributed by atoms with Gasteiger partial charge >= 0.3 is 0 Å². The summed E-state index contributed by atoms with van der Waals surface area (Å²) in [4.78, 5) is 15.3. The van der Waals surface area contributed by atoms with Gasteiger partial charge in [0.2, 0.25) is 15.9 Å². The van der Waals surface area contributed by atoms with Crippen LogP contribution in [-0.2, 0) is 14.8 Å². The molecule has 152 valence electrons. The normalized spacial score (nSPS) is 35.3. The molecule has 4 aliphatic carbocycles. The van der Waals surface area contributed by atoms with E-state index in [9.17, 15) is 17.6 Å². The molecule has 6 rings (SSSR count). The van der Waals surface area contributed by atoms with Crippen LogP contribution < -0.4 is 0 Å². The fraction of sp³-hybridized carbons (Fsp3) is 0.667. The minimum Gasteiger partial charge on any atom is -0.340 e. The van der Waals surface area contributed by atoms with Crippen molar-refractivity contribution in [2.75, 3.05) is 26.2 Å². The van der Waals surface area contributed by atoms with Gasteiger partial charge in [0.15, 0.2) is 0 Å². The molecular formula is C21H27FN2O3S. The summed E-state index contributed by atoms with van der Waals surface area (Å²) in [5.74, 6) is 1.84. The second-order valence-corrected chi connectivity index (χ2v) is 11.3. The SMILES string of the molecule is O=C(N1CCN(S(=O)(=O)c2cccc(F)c2)CC1)C12CC3CC(CC(C3)C1)C2. The molecule has 0 unspecified atom stereocenters. The molecule has 5 fully saturated rings. The summed E-state index contributed by atoms with van der Waals surface area (Å²) in [7, 11) is -3.72. The predicted molar refractivity (Wildman–Crippen MR) is 102 cm³/mol. The maximum absolute atomic E-state index is 13.5. The minimum absolute atomic E-state index is 0.0200. The highest BCUT2D eigenvalue weighted by atomic mass is 32.2. The first kappa shape index (κ1) is 18.6. The summed E-state index contributed by atoms with van der Waals surface area (Å²) < 4.78 is 40.4. The summed E-state index contributed by atoms with van der Waals surface area (Å²) in [6.45, 7) is 1.40. The van der Waals surface area contributed by atoms with Crippen LogP contribution in [0.5, 0.6) is 0 Å². The molecule has 1 heterocycles. The van der Waals surface area contributed by atoms with Crippen LogP contribution in [0, 0.1) is 29.0 Å². The van der Waals surface area contributed by atoms with Gasteiger partial charge in [-0.3, -0.25) is 4.79 Å². The summed E-state index contributed by atoms with van der Waals surface area (Å²) >= 11 is 0. The van der Waals surface area contributed by atoms with E-state index < -0.39 is 15.8 Å². The molecule has 4 saturated carbocycles. The van der Waals surface area contributed by atoms with E-state index in [1.54, 1.807) is 0 Å². The van der Waals surface area contributed by atoms with Crippen LogP contribution in [0.15, 0.2) is 29.2 Å². The fourth-order valence-electron chi connectivity index (χ4n) is 6.62. The summed E-state index contributed by atoms with van der Waals surface area (Å²) in [6, 6.07) is 5.13. The largest absolute Gasteiger partial charge is 0.340 e. The third-order valence-corrected chi connectivity index (χ3v) is 9.35. The van der Waals surface area contributed by atoms with E-state index in [0.29, 0.717) is 30.8 Å². The Labute approximate surface area is 165 Å². The summed E-state index contributed by atoms with van der Waals surface area (Å²) in [5.41, 5.74) is -0.182. The van der Waals surface area contributed by atoms with Crippen molar-refractivity contribution >= 4 is 15.9 Å². The fourth-order valence-corrected chi connectivity index (χ4v) is 8.07. The molecule has 5 aliphatic rings. The van der Waals surface area contributed by atoms with Gasteiger partial charge in [-0.15, -0.1) is 0 Å². The van der Waals surface area contributed by atoms with Crippen molar-refractivity contribution in [2.45, 2.75) is 43.4 Å². The molecule has 5 nitrogen and oxygen atoms in total. The van der Waals surface area contributed by atoms with Crippen molar-refractivity contribution in [1.29, 1.82) is 0 Å². The van der Waals surface area contributed by atoms with Crippen LogP contribution in [0.2, 0.25) is 0 Å². The smallest absolute Gasteiger partial charge is 0.243 e. The van der Waals surface area contributed by atoms with Crippen molar-refractivity contribution in [1.82, 2.24) is 9.21 Å². The van der Waals surface area contributed by atoms with Gasteiger partial charge in [-0.1, -0.05) is 6.07 Å². The molecule has 1 aromatic carbocycles. The number of halogens is 1. The summed E-state index contributed by atoms with van der Waals surface area (Å²) in [6.07, 6.45) is 6.98. The van der Waals surface area contributed by atoms with Crippen molar-refractivity contribution in [3.63, 3.8) is 0 Å². The highest BCUT2D eigenvalue weighted by Gasteiger charge is 2.55. The highest BCUT2D eigenvalue weighted by Crippen LogP contribution is 2.60. The van der Waals surface area contributed by atoms with Crippen LogP contribution in [-0.4, -0.2) is 49.7 Å². The molecule has 1 saturated heterocycles. The molecule has 7 heteroatoms. The molecular weight excluding hydrogens is 379 g/mol. The van der Waals surface area contributed by atoms with Crippen LogP contribution in [0.3, 0.4) is 0 Å². The number of hydrogen-bond acceptors (Lipinski definition) is 3. The van der Waals surface area contributed by atoms with Crippen molar-refractivity contribution in [2.24, 2.45) is 23.2 Å². The Morgan fingerprint density at radius 1 is 0.964 bits per heavy atom. The molecule has 1 amide bonds. The van der Waals surface area contributed by atoms with E-state index >= 15 is 0 Å². The van der Waals surface area contributed by atoms with Crippen molar-refractivity contribution < 1.29 is 17.6 Å². The highest BCUT2D eigenvalue weighted by molar-refractivity contribution is 7.89. The zero-order valence-electron chi connectivity index (χ0n) is 16.0. The standard InChI is InChI=1S/C21H27FN2O3S/c22-18-2-1-3-19(11-18)28(26,27)24-6-4-23(5-7-24)20(25)21-12-15-8-16(13-21)10-17(9-15)14-21/h1-3,11,15-17H,4-10,12-14H2. The second-order valence-electron chi connectivity index (χ2n) is 9.35. The first-order valence-corrected chi connectivity index (χ1v) is 11.8. The average molecular weight is 407 g/mol. The van der Waals surface area contributed by atoms with Crippen LogP contribution in [0.1, 0.15) is 38.5 Å². The van der Waals surface area contributed by atoms with Gasteiger partial charge in [0.05, 0.1) is 10.3 Å². The lowest BCUT2D eigenvalue weighted by atomic mass is 9.49. The number of rotatable bonds is 3. The monoisotopic (exact) mass is 406 g/mol. The average Bonchev–Trinajstić information content (AvgIpc) is 2.66. The lowest BCUT2D eigenvalue weighted by Crippen LogP contribution is -2.58. The van der Waals surface area contributed by atoms with Crippen LogP contribution in [0.25, 0.3) is 0 Å². The van der Waals surface area contributed by atoms with Crippen molar-refractivity contribution in [3.8, 4) is 0 Å². The van der Waals surface area contributed by atoms with Gasteiger partial charge in [-0.2, -0.15) is 4.31 Å². The maximum atomic E-state index is 13.5. The molecule has 0 spiro atoms. The number of sulfonamides is 1. The lowest BCUT2D eigenvalue weighted by molar-refractivity contribution is -0.158. The number of piperazine rings is 1. The third kappa shape index (κ3) is 2.98. The molecule has 0 N–H and O–H groups in total. The molecule has 0 atom stereocenters. The second kappa shape index (κ2) is 6.52. The van der Waals surface area contributed by atoms with Gasteiger partial charge in [-0.05, 0) is 74.5 Å². The van der Waals surface area contributed by atoms with E-state index in [2.05, 4.69) is 0 Å². The number of benzene rings is 1. The van der Waals surface area contributed by atoms with Gasteiger partial charge in [0.25, 0.3) is 0 Å². The van der Waals surface area contributed by atoms with E-state index in [0.717, 1.165) is 25.3 Å². The molecule has 28 heavy (non-hydrogen) atoms. The Morgan fingerprint density at radius 3 is 2.07 bits per heavy atom. The number of amides is 1. The zero-order chi connectivity index (χ0) is 19.5. The molecule has 1 aliphatic heterocycles. The molecule has 4 bridgehead atoms. The number of carbonyl (C=O) groups excluding carboxylic acids is 1. The first-order chi connectivity index (χ1) is 13.4. The quantitative estimate of drug-likeness (QED) is 0.776. The number of hydrogen-bond donors (Lipinski definition) is 0.